The molecular formula is C14H22INO. The van der Waals surface area contributed by atoms with Crippen molar-refractivity contribution in [2.45, 2.75) is 32.7 Å². The van der Waals surface area contributed by atoms with E-state index in [-0.39, 0.29) is 0 Å². The first-order chi connectivity index (χ1) is 8.26. The fraction of sp³-hybridized carbons (Fsp3) is 0.571. The number of hydrogen-bond donors (Lipinski definition) is 1. The summed E-state index contributed by atoms with van der Waals surface area (Å²) >= 11 is 2.33. The molecule has 0 aliphatic rings. The van der Waals surface area contributed by atoms with Gasteiger partial charge in [-0.3, -0.25) is 0 Å². The summed E-state index contributed by atoms with van der Waals surface area (Å²) < 4.78 is 6.92. The van der Waals surface area contributed by atoms with Gasteiger partial charge in [0.25, 0.3) is 0 Å². The maximum Gasteiger partial charge on any atom is 0.0622 e. The number of hydrogen-bond acceptors (Lipinski definition) is 2. The lowest BCUT2D eigenvalue weighted by atomic mass is 10.1. The van der Waals surface area contributed by atoms with E-state index in [1.54, 1.807) is 0 Å². The summed E-state index contributed by atoms with van der Waals surface area (Å²) in [6.45, 7) is 6.93. The Hall–Kier alpha value is -0.130. The molecule has 96 valence electrons. The highest BCUT2D eigenvalue weighted by Crippen LogP contribution is 2.09. The average Bonchev–Trinajstić information content (AvgIpc) is 2.32. The second kappa shape index (κ2) is 8.89. The molecule has 0 radical (unpaired) electrons. The largest absolute Gasteiger partial charge is 0.380 e. The van der Waals surface area contributed by atoms with Crippen molar-refractivity contribution < 1.29 is 4.74 Å². The topological polar surface area (TPSA) is 21.3 Å². The summed E-state index contributed by atoms with van der Waals surface area (Å²) in [5.41, 5.74) is 1.37. The molecule has 2 nitrogen and oxygen atoms in total. The van der Waals surface area contributed by atoms with Crippen molar-refractivity contribution in [3.8, 4) is 0 Å². The van der Waals surface area contributed by atoms with Crippen LogP contribution in [-0.2, 0) is 11.2 Å². The van der Waals surface area contributed by atoms with Crippen molar-refractivity contribution in [3.63, 3.8) is 0 Å². The maximum absolute atomic E-state index is 5.63. The molecule has 3 heteroatoms. The zero-order chi connectivity index (χ0) is 12.5. The van der Waals surface area contributed by atoms with E-state index in [4.69, 9.17) is 4.74 Å². The first-order valence-corrected chi connectivity index (χ1v) is 7.39. The number of rotatable bonds is 8. The number of likely N-dealkylation sites (N-methyl/N-ethyl adjacent to an activating group) is 1. The zero-order valence-corrected chi connectivity index (χ0v) is 12.9. The Balaban J connectivity index is 2.44. The molecule has 0 spiro atoms. The Bertz CT molecular complexity index is 300. The fourth-order valence-corrected chi connectivity index (χ4v) is 2.11. The van der Waals surface area contributed by atoms with Crippen LogP contribution in [0.2, 0.25) is 0 Å². The second-order valence-electron chi connectivity index (χ2n) is 4.16. The first kappa shape index (κ1) is 14.9. The molecule has 1 aromatic carbocycles. The molecule has 0 aliphatic heterocycles. The lowest BCUT2D eigenvalue weighted by Crippen LogP contribution is -2.35. The molecule has 1 aromatic rings. The van der Waals surface area contributed by atoms with Crippen molar-refractivity contribution in [2.75, 3.05) is 19.8 Å². The predicted molar refractivity (Wildman–Crippen MR) is 81.4 cm³/mol. The van der Waals surface area contributed by atoms with Gasteiger partial charge in [-0.2, -0.15) is 0 Å². The van der Waals surface area contributed by atoms with Gasteiger partial charge in [0.05, 0.1) is 6.61 Å². The van der Waals surface area contributed by atoms with Gasteiger partial charge in [0, 0.05) is 16.2 Å². The molecule has 0 saturated carbocycles. The van der Waals surface area contributed by atoms with Gasteiger partial charge in [0.1, 0.15) is 0 Å². The summed E-state index contributed by atoms with van der Waals surface area (Å²) in [4.78, 5) is 0. The van der Waals surface area contributed by atoms with Crippen LogP contribution in [0.25, 0.3) is 0 Å². The molecular weight excluding hydrogens is 325 g/mol. The Morgan fingerprint density at radius 2 is 1.94 bits per heavy atom. The molecule has 1 N–H and O–H groups in total. The Morgan fingerprint density at radius 1 is 1.24 bits per heavy atom. The molecule has 0 bridgehead atoms. The third-order valence-corrected chi connectivity index (χ3v) is 3.27. The fourth-order valence-electron chi connectivity index (χ4n) is 1.75. The van der Waals surface area contributed by atoms with Gasteiger partial charge in [-0.25, -0.2) is 0 Å². The number of ether oxygens (including phenoxy) is 1. The molecule has 0 heterocycles. The van der Waals surface area contributed by atoms with Crippen LogP contribution in [0.3, 0.4) is 0 Å². The number of benzene rings is 1. The second-order valence-corrected chi connectivity index (χ2v) is 5.41. The van der Waals surface area contributed by atoms with Crippen LogP contribution < -0.4 is 5.32 Å². The van der Waals surface area contributed by atoms with Crippen LogP contribution >= 0.6 is 22.6 Å². The Labute approximate surface area is 118 Å². The van der Waals surface area contributed by atoms with Crippen molar-refractivity contribution in [3.05, 3.63) is 33.4 Å². The molecule has 1 unspecified atom stereocenters. The zero-order valence-electron chi connectivity index (χ0n) is 10.7. The summed E-state index contributed by atoms with van der Waals surface area (Å²) in [6.07, 6.45) is 2.12. The maximum atomic E-state index is 5.63. The third-order valence-electron chi connectivity index (χ3n) is 2.56. The Kier molecular flexibility index (Phi) is 7.81. The monoisotopic (exact) mass is 347 g/mol. The van der Waals surface area contributed by atoms with E-state index in [9.17, 15) is 0 Å². The Morgan fingerprint density at radius 3 is 2.53 bits per heavy atom. The van der Waals surface area contributed by atoms with Gasteiger partial charge in [-0.15, -0.1) is 0 Å². The third kappa shape index (κ3) is 6.38. The minimum Gasteiger partial charge on any atom is -0.380 e. The van der Waals surface area contributed by atoms with Gasteiger partial charge in [0.15, 0.2) is 0 Å². The molecule has 17 heavy (non-hydrogen) atoms. The highest BCUT2D eigenvalue weighted by molar-refractivity contribution is 14.1. The average molecular weight is 347 g/mol. The highest BCUT2D eigenvalue weighted by atomic mass is 127. The lowest BCUT2D eigenvalue weighted by molar-refractivity contribution is 0.112. The van der Waals surface area contributed by atoms with E-state index < -0.39 is 0 Å². The molecule has 0 amide bonds. The van der Waals surface area contributed by atoms with Crippen LogP contribution in [0, 0.1) is 3.57 Å². The summed E-state index contributed by atoms with van der Waals surface area (Å²) in [5.74, 6) is 0. The standard InChI is InChI=1S/C14H22INO/c1-3-9-17-11-14(16-4-2)10-12-5-7-13(15)8-6-12/h5-8,14,16H,3-4,9-11H2,1-2H3. The van der Waals surface area contributed by atoms with Gasteiger partial charge in [-0.1, -0.05) is 26.0 Å². The molecule has 1 rings (SSSR count). The van der Waals surface area contributed by atoms with Crippen LogP contribution in [0.4, 0.5) is 0 Å². The smallest absolute Gasteiger partial charge is 0.0622 e. The van der Waals surface area contributed by atoms with Crippen LogP contribution in [0.1, 0.15) is 25.8 Å². The summed E-state index contributed by atoms with van der Waals surface area (Å²) in [7, 11) is 0. The first-order valence-electron chi connectivity index (χ1n) is 6.31. The van der Waals surface area contributed by atoms with Crippen molar-refractivity contribution in [1.82, 2.24) is 5.32 Å². The number of nitrogens with one attached hydrogen (secondary N) is 1. The van der Waals surface area contributed by atoms with Crippen molar-refractivity contribution in [1.29, 1.82) is 0 Å². The minimum atomic E-state index is 0.423. The van der Waals surface area contributed by atoms with E-state index in [1.165, 1.54) is 9.13 Å². The van der Waals surface area contributed by atoms with Gasteiger partial charge >= 0.3 is 0 Å². The van der Waals surface area contributed by atoms with E-state index in [1.807, 2.05) is 0 Å². The normalized spacial score (nSPS) is 12.6. The van der Waals surface area contributed by atoms with E-state index in [0.29, 0.717) is 6.04 Å². The molecule has 0 saturated heterocycles. The van der Waals surface area contributed by atoms with Crippen molar-refractivity contribution >= 4 is 22.6 Å². The molecule has 0 fully saturated rings. The van der Waals surface area contributed by atoms with E-state index in [0.717, 1.165) is 32.6 Å². The van der Waals surface area contributed by atoms with E-state index in [2.05, 4.69) is 66.0 Å². The molecule has 0 aliphatic carbocycles. The SMILES string of the molecule is CCCOCC(Cc1ccc(I)cc1)NCC. The van der Waals surface area contributed by atoms with Crippen LogP contribution in [0.5, 0.6) is 0 Å². The summed E-state index contributed by atoms with van der Waals surface area (Å²) in [5, 5.41) is 3.48. The van der Waals surface area contributed by atoms with Gasteiger partial charge < -0.3 is 10.1 Å². The molecule has 1 atom stereocenters. The minimum absolute atomic E-state index is 0.423. The number of halogens is 1. The summed E-state index contributed by atoms with van der Waals surface area (Å²) in [6, 6.07) is 9.14. The van der Waals surface area contributed by atoms with Gasteiger partial charge in [-0.05, 0) is 59.7 Å². The quantitative estimate of drug-likeness (QED) is 0.576. The predicted octanol–water partition coefficient (Wildman–Crippen LogP) is 3.24. The lowest BCUT2D eigenvalue weighted by Gasteiger charge is -2.18. The van der Waals surface area contributed by atoms with E-state index >= 15 is 0 Å². The van der Waals surface area contributed by atoms with Crippen LogP contribution in [-0.4, -0.2) is 25.8 Å². The van der Waals surface area contributed by atoms with Gasteiger partial charge in [0.2, 0.25) is 0 Å². The molecule has 0 aromatic heterocycles. The van der Waals surface area contributed by atoms with Crippen molar-refractivity contribution in [2.24, 2.45) is 0 Å². The van der Waals surface area contributed by atoms with Crippen LogP contribution in [0.15, 0.2) is 24.3 Å². The highest BCUT2D eigenvalue weighted by Gasteiger charge is 2.08.